The lowest BCUT2D eigenvalue weighted by molar-refractivity contribution is 0.483. The highest BCUT2D eigenvalue weighted by Gasteiger charge is 2.06. The quantitative estimate of drug-likeness (QED) is 0.398. The molecule has 7 nitrogen and oxygen atoms in total. The van der Waals surface area contributed by atoms with Gasteiger partial charge in [0.15, 0.2) is 0 Å². The highest BCUT2D eigenvalue weighted by atomic mass is 32.2. The van der Waals surface area contributed by atoms with Crippen molar-refractivity contribution < 1.29 is 13.0 Å². The van der Waals surface area contributed by atoms with Crippen molar-refractivity contribution in [1.82, 2.24) is 0 Å². The van der Waals surface area contributed by atoms with Crippen molar-refractivity contribution in [2.24, 2.45) is 0 Å². The van der Waals surface area contributed by atoms with Gasteiger partial charge in [-0.3, -0.25) is 4.55 Å². The van der Waals surface area contributed by atoms with E-state index in [2.05, 4.69) is 26.9 Å². The molecule has 0 saturated heterocycles. The molecule has 0 spiro atoms. The molecule has 1 aromatic carbocycles. The van der Waals surface area contributed by atoms with E-state index in [4.69, 9.17) is 26.2 Å². The molecule has 19 heavy (non-hydrogen) atoms. The smallest absolute Gasteiger partial charge is 0.294 e. The summed E-state index contributed by atoms with van der Waals surface area (Å²) < 4.78 is 29.6. The minimum absolute atomic E-state index is 0.0666. The summed E-state index contributed by atoms with van der Waals surface area (Å²) in [6, 6.07) is 5.99. The lowest BCUT2D eigenvalue weighted by atomic mass is 10.2. The van der Waals surface area contributed by atoms with E-state index in [9.17, 15) is 8.42 Å². The first kappa shape index (κ1) is 25.6. The van der Waals surface area contributed by atoms with Crippen LogP contribution in [0.2, 0.25) is 0 Å². The van der Waals surface area contributed by atoms with Crippen LogP contribution in [0.1, 0.15) is 5.56 Å². The maximum Gasteiger partial charge on any atom is 0.294 e. The third kappa shape index (κ3) is 15.8. The van der Waals surface area contributed by atoms with E-state index in [1.807, 2.05) is 6.92 Å². The summed E-state index contributed by atoms with van der Waals surface area (Å²) in [5.41, 5.74) is 0.956. The fraction of sp³-hybridized carbons (Fsp3) is 0.0909. The van der Waals surface area contributed by atoms with Gasteiger partial charge in [0.1, 0.15) is 0 Å². The fourth-order valence-electron chi connectivity index (χ4n) is 0.710. The zero-order valence-electron chi connectivity index (χ0n) is 10.8. The van der Waals surface area contributed by atoms with E-state index >= 15 is 0 Å². The van der Waals surface area contributed by atoms with E-state index in [1.54, 1.807) is 12.1 Å². The van der Waals surface area contributed by atoms with Crippen molar-refractivity contribution in [2.45, 2.75) is 11.8 Å². The first-order valence-electron chi connectivity index (χ1n) is 4.46. The van der Waals surface area contributed by atoms with Gasteiger partial charge in [-0.2, -0.15) is 8.42 Å². The van der Waals surface area contributed by atoms with Crippen molar-refractivity contribution >= 4 is 37.0 Å². The topological polar surface area (TPSA) is 150 Å². The fourth-order valence-corrected chi connectivity index (χ4v) is 1.19. The van der Waals surface area contributed by atoms with Gasteiger partial charge in [0.25, 0.3) is 10.1 Å². The van der Waals surface area contributed by atoms with Crippen LogP contribution >= 0.6 is 0 Å². The Bertz CT molecular complexity index is 398. The summed E-state index contributed by atoms with van der Waals surface area (Å²) in [6.45, 7) is 11.8. The van der Waals surface area contributed by atoms with Gasteiger partial charge < -0.3 is 21.6 Å². The van der Waals surface area contributed by atoms with Crippen LogP contribution in [0.3, 0.4) is 0 Å². The standard InChI is InChI=1S/C7H8O3S.4CH3N/c1-6-2-4-7(5-3-6)11(8,9)10;4*1-2/h2-5H,1H3,(H,8,9,10);4*2H,1H2. The van der Waals surface area contributed by atoms with Gasteiger partial charge in [-0.25, -0.2) is 0 Å². The first-order valence-corrected chi connectivity index (χ1v) is 5.90. The molecule has 0 amide bonds. The predicted octanol–water partition coefficient (Wildman–Crippen LogP) is 2.30. The van der Waals surface area contributed by atoms with Gasteiger partial charge in [-0.05, 0) is 45.9 Å². The van der Waals surface area contributed by atoms with Crippen LogP contribution in [-0.4, -0.2) is 39.8 Å². The molecular weight excluding hydrogens is 268 g/mol. The van der Waals surface area contributed by atoms with Crippen molar-refractivity contribution in [1.29, 1.82) is 21.6 Å². The molecule has 1 aromatic rings. The second-order valence-corrected chi connectivity index (χ2v) is 3.71. The van der Waals surface area contributed by atoms with E-state index < -0.39 is 10.1 Å². The Morgan fingerprint density at radius 1 is 0.842 bits per heavy atom. The Kier molecular flexibility index (Phi) is 24.5. The molecule has 0 atom stereocenters. The Balaban J connectivity index is -0.000000121. The van der Waals surface area contributed by atoms with Crippen LogP contribution in [0.25, 0.3) is 0 Å². The molecule has 0 radical (unpaired) electrons. The summed E-state index contributed by atoms with van der Waals surface area (Å²) in [6.07, 6.45) is 0. The van der Waals surface area contributed by atoms with Gasteiger partial charge in [0.05, 0.1) is 4.90 Å². The predicted molar refractivity (Wildman–Crippen MR) is 80.4 cm³/mol. The van der Waals surface area contributed by atoms with Crippen LogP contribution in [0, 0.1) is 28.6 Å². The Morgan fingerprint density at radius 3 is 1.32 bits per heavy atom. The van der Waals surface area contributed by atoms with Gasteiger partial charge in [-0.15, -0.1) is 0 Å². The number of aryl methyl sites for hydroxylation is 1. The second kappa shape index (κ2) is 18.2. The van der Waals surface area contributed by atoms with Gasteiger partial charge >= 0.3 is 0 Å². The molecule has 0 aliphatic carbocycles. The minimum atomic E-state index is -4.02. The molecule has 108 valence electrons. The Labute approximate surface area is 114 Å². The van der Waals surface area contributed by atoms with Crippen molar-refractivity contribution in [3.05, 3.63) is 29.8 Å². The van der Waals surface area contributed by atoms with Gasteiger partial charge in [0, 0.05) is 0 Å². The molecule has 0 heterocycles. The van der Waals surface area contributed by atoms with Crippen LogP contribution in [0.5, 0.6) is 0 Å². The molecule has 0 saturated carbocycles. The molecule has 0 bridgehead atoms. The van der Waals surface area contributed by atoms with E-state index in [-0.39, 0.29) is 4.90 Å². The number of hydrogen-bond acceptors (Lipinski definition) is 6. The van der Waals surface area contributed by atoms with Gasteiger partial charge in [0.2, 0.25) is 0 Å². The molecular formula is C11H20N4O3S. The summed E-state index contributed by atoms with van der Waals surface area (Å²) in [5, 5.41) is 22.0. The SMILES string of the molecule is C=N.C=N.C=N.C=N.Cc1ccc(S(=O)(=O)O)cc1. The van der Waals surface area contributed by atoms with Gasteiger partial charge in [-0.1, -0.05) is 17.7 Å². The number of nitrogens with one attached hydrogen (secondary N) is 4. The lowest BCUT2D eigenvalue weighted by Crippen LogP contribution is -1.96. The Morgan fingerprint density at radius 2 is 1.11 bits per heavy atom. The third-order valence-electron chi connectivity index (χ3n) is 1.32. The van der Waals surface area contributed by atoms with Crippen LogP contribution in [0.4, 0.5) is 0 Å². The zero-order chi connectivity index (χ0) is 16.5. The maximum absolute atomic E-state index is 10.5. The highest BCUT2D eigenvalue weighted by Crippen LogP contribution is 2.08. The van der Waals surface area contributed by atoms with Crippen molar-refractivity contribution in [2.75, 3.05) is 0 Å². The van der Waals surface area contributed by atoms with Crippen LogP contribution in [0.15, 0.2) is 29.2 Å². The minimum Gasteiger partial charge on any atom is -0.317 e. The summed E-state index contributed by atoms with van der Waals surface area (Å²) >= 11 is 0. The molecule has 1 rings (SSSR count). The first-order chi connectivity index (χ1) is 9.00. The molecule has 5 N–H and O–H groups in total. The molecule has 0 fully saturated rings. The summed E-state index contributed by atoms with van der Waals surface area (Å²) in [4.78, 5) is -0.0666. The molecule has 0 aromatic heterocycles. The molecule has 8 heteroatoms. The van der Waals surface area contributed by atoms with Crippen LogP contribution in [-0.2, 0) is 10.1 Å². The summed E-state index contributed by atoms with van der Waals surface area (Å²) in [5.74, 6) is 0. The van der Waals surface area contributed by atoms with Crippen molar-refractivity contribution in [3.63, 3.8) is 0 Å². The van der Waals surface area contributed by atoms with E-state index in [0.29, 0.717) is 0 Å². The average Bonchev–Trinajstić information content (AvgIpc) is 2.47. The molecule has 0 aliphatic heterocycles. The number of rotatable bonds is 1. The lowest BCUT2D eigenvalue weighted by Gasteiger charge is -1.95. The summed E-state index contributed by atoms with van der Waals surface area (Å²) in [7, 11) is -4.02. The van der Waals surface area contributed by atoms with Crippen LogP contribution < -0.4 is 0 Å². The molecule has 0 aliphatic rings. The van der Waals surface area contributed by atoms with E-state index in [0.717, 1.165) is 5.56 Å². The average molecular weight is 288 g/mol. The molecule has 0 unspecified atom stereocenters. The highest BCUT2D eigenvalue weighted by molar-refractivity contribution is 7.85. The normalized spacial score (nSPS) is 7.47. The third-order valence-corrected chi connectivity index (χ3v) is 2.19. The largest absolute Gasteiger partial charge is 0.317 e. The number of benzene rings is 1. The second-order valence-electron chi connectivity index (χ2n) is 2.29. The monoisotopic (exact) mass is 288 g/mol. The zero-order valence-corrected chi connectivity index (χ0v) is 11.6. The Hall–Kier alpha value is -2.19. The maximum atomic E-state index is 10.5. The van der Waals surface area contributed by atoms with Crippen molar-refractivity contribution in [3.8, 4) is 0 Å². The van der Waals surface area contributed by atoms with E-state index in [1.165, 1.54) is 12.1 Å². The number of hydrogen-bond donors (Lipinski definition) is 5.